The quantitative estimate of drug-likeness (QED) is 0.829. The molecule has 0 atom stereocenters. The van der Waals surface area contributed by atoms with Crippen molar-refractivity contribution in [3.8, 4) is 0 Å². The molecule has 0 radical (unpaired) electrons. The topological polar surface area (TPSA) is 65.5 Å². The molecule has 0 saturated carbocycles. The number of hydrogen-bond acceptors (Lipinski definition) is 4. The van der Waals surface area contributed by atoms with Crippen molar-refractivity contribution in [1.82, 2.24) is 15.2 Å². The van der Waals surface area contributed by atoms with Gasteiger partial charge in [0, 0.05) is 45.8 Å². The van der Waals surface area contributed by atoms with Gasteiger partial charge in [-0.05, 0) is 42.9 Å². The van der Waals surface area contributed by atoms with Crippen molar-refractivity contribution >= 4 is 17.6 Å². The van der Waals surface area contributed by atoms with Crippen LogP contribution in [0.4, 0.5) is 5.82 Å². The van der Waals surface area contributed by atoms with Gasteiger partial charge in [-0.15, -0.1) is 0 Å². The Morgan fingerprint density at radius 3 is 2.30 bits per heavy atom. The second-order valence-corrected chi connectivity index (χ2v) is 8.36. The zero-order chi connectivity index (χ0) is 21.0. The fraction of sp³-hybridized carbons (Fsp3) is 0.458. The first-order valence-corrected chi connectivity index (χ1v) is 10.9. The Hall–Kier alpha value is -2.89. The summed E-state index contributed by atoms with van der Waals surface area (Å²) < 4.78 is 0. The van der Waals surface area contributed by atoms with Gasteiger partial charge in [0.1, 0.15) is 5.82 Å². The molecule has 2 aliphatic rings. The standard InChI is InChI=1S/C24H30N4O2/c1-19(29)27-15-11-24(12-16-27,21-7-3-2-4-8-21)23(30)26-18-20-9-10-22(25-17-20)28-13-5-6-14-28/h2-4,7-10,17H,5-6,11-16,18H2,1H3,(H,26,30). The maximum atomic E-state index is 13.4. The number of likely N-dealkylation sites (tertiary alicyclic amines) is 1. The lowest BCUT2D eigenvalue weighted by atomic mass is 9.72. The third-order valence-corrected chi connectivity index (χ3v) is 6.52. The molecule has 6 nitrogen and oxygen atoms in total. The van der Waals surface area contributed by atoms with Crippen LogP contribution in [0.3, 0.4) is 0 Å². The molecule has 2 saturated heterocycles. The van der Waals surface area contributed by atoms with Gasteiger partial charge in [0.2, 0.25) is 11.8 Å². The molecule has 4 rings (SSSR count). The summed E-state index contributed by atoms with van der Waals surface area (Å²) in [5, 5.41) is 3.15. The molecular formula is C24H30N4O2. The van der Waals surface area contributed by atoms with Crippen LogP contribution in [0.5, 0.6) is 0 Å². The largest absolute Gasteiger partial charge is 0.357 e. The van der Waals surface area contributed by atoms with Crippen LogP contribution in [0.25, 0.3) is 0 Å². The molecule has 0 bridgehead atoms. The molecule has 3 heterocycles. The van der Waals surface area contributed by atoms with Gasteiger partial charge in [0.05, 0.1) is 5.41 Å². The van der Waals surface area contributed by atoms with E-state index < -0.39 is 5.41 Å². The molecule has 158 valence electrons. The first-order valence-electron chi connectivity index (χ1n) is 10.9. The summed E-state index contributed by atoms with van der Waals surface area (Å²) in [5.41, 5.74) is 1.42. The minimum Gasteiger partial charge on any atom is -0.357 e. The molecule has 6 heteroatoms. The van der Waals surface area contributed by atoms with E-state index in [9.17, 15) is 9.59 Å². The van der Waals surface area contributed by atoms with Crippen LogP contribution in [0.1, 0.15) is 43.7 Å². The predicted molar refractivity (Wildman–Crippen MR) is 117 cm³/mol. The second kappa shape index (κ2) is 8.86. The molecule has 1 aromatic heterocycles. The van der Waals surface area contributed by atoms with Crippen LogP contribution in [0.15, 0.2) is 48.7 Å². The Bertz CT molecular complexity index is 868. The zero-order valence-electron chi connectivity index (χ0n) is 17.6. The molecular weight excluding hydrogens is 376 g/mol. The fourth-order valence-corrected chi connectivity index (χ4v) is 4.61. The molecule has 0 spiro atoms. The average molecular weight is 407 g/mol. The highest BCUT2D eigenvalue weighted by Gasteiger charge is 2.43. The molecule has 2 aromatic rings. The van der Waals surface area contributed by atoms with Gasteiger partial charge in [0.15, 0.2) is 0 Å². The minimum atomic E-state index is -0.601. The van der Waals surface area contributed by atoms with E-state index in [0.717, 1.165) is 30.0 Å². The van der Waals surface area contributed by atoms with Crippen molar-refractivity contribution in [2.75, 3.05) is 31.1 Å². The van der Waals surface area contributed by atoms with E-state index in [0.29, 0.717) is 32.5 Å². The summed E-state index contributed by atoms with van der Waals surface area (Å²) in [6, 6.07) is 14.1. The number of pyridine rings is 1. The van der Waals surface area contributed by atoms with Gasteiger partial charge in [-0.3, -0.25) is 9.59 Å². The number of anilines is 1. The maximum absolute atomic E-state index is 13.4. The summed E-state index contributed by atoms with van der Waals surface area (Å²) in [4.78, 5) is 33.9. The van der Waals surface area contributed by atoms with Crippen molar-refractivity contribution in [2.24, 2.45) is 0 Å². The number of amides is 2. The SMILES string of the molecule is CC(=O)N1CCC(C(=O)NCc2ccc(N3CCCC3)nc2)(c2ccccc2)CC1. The molecule has 30 heavy (non-hydrogen) atoms. The number of hydrogen-bond donors (Lipinski definition) is 1. The first-order chi connectivity index (χ1) is 14.6. The highest BCUT2D eigenvalue weighted by Crippen LogP contribution is 2.36. The van der Waals surface area contributed by atoms with Crippen molar-refractivity contribution in [2.45, 2.75) is 44.6 Å². The average Bonchev–Trinajstić information content (AvgIpc) is 3.33. The molecule has 1 N–H and O–H groups in total. The van der Waals surface area contributed by atoms with Crippen molar-refractivity contribution < 1.29 is 9.59 Å². The van der Waals surface area contributed by atoms with Crippen LogP contribution in [0, 0.1) is 0 Å². The summed E-state index contributed by atoms with van der Waals surface area (Å²) in [6.07, 6.45) is 5.58. The lowest BCUT2D eigenvalue weighted by molar-refractivity contribution is -0.135. The third-order valence-electron chi connectivity index (χ3n) is 6.52. The Morgan fingerprint density at radius 2 is 1.70 bits per heavy atom. The Labute approximate surface area is 178 Å². The van der Waals surface area contributed by atoms with Gasteiger partial charge in [-0.1, -0.05) is 36.4 Å². The molecule has 2 amide bonds. The first kappa shape index (κ1) is 20.4. The highest BCUT2D eigenvalue weighted by atomic mass is 16.2. The Balaban J connectivity index is 1.45. The van der Waals surface area contributed by atoms with Gasteiger partial charge < -0.3 is 15.1 Å². The van der Waals surface area contributed by atoms with E-state index in [4.69, 9.17) is 0 Å². The molecule has 0 unspecified atom stereocenters. The summed E-state index contributed by atoms with van der Waals surface area (Å²) in [7, 11) is 0. The zero-order valence-corrected chi connectivity index (χ0v) is 17.6. The van der Waals surface area contributed by atoms with Gasteiger partial charge in [-0.2, -0.15) is 0 Å². The van der Waals surface area contributed by atoms with Gasteiger partial charge in [-0.25, -0.2) is 4.98 Å². The highest BCUT2D eigenvalue weighted by molar-refractivity contribution is 5.88. The number of nitrogens with one attached hydrogen (secondary N) is 1. The van der Waals surface area contributed by atoms with E-state index in [2.05, 4.69) is 21.3 Å². The monoisotopic (exact) mass is 406 g/mol. The van der Waals surface area contributed by atoms with Crippen molar-refractivity contribution in [3.05, 3.63) is 59.8 Å². The van der Waals surface area contributed by atoms with E-state index in [-0.39, 0.29) is 11.8 Å². The summed E-state index contributed by atoms with van der Waals surface area (Å²) in [6.45, 7) is 5.39. The Morgan fingerprint density at radius 1 is 1.00 bits per heavy atom. The lowest BCUT2D eigenvalue weighted by Gasteiger charge is -2.40. The number of piperidine rings is 1. The number of carbonyl (C=O) groups excluding carboxylic acids is 2. The number of carbonyl (C=O) groups is 2. The number of aromatic nitrogens is 1. The van der Waals surface area contributed by atoms with Crippen LogP contribution < -0.4 is 10.2 Å². The smallest absolute Gasteiger partial charge is 0.231 e. The lowest BCUT2D eigenvalue weighted by Crippen LogP contribution is -2.52. The number of nitrogens with zero attached hydrogens (tertiary/aromatic N) is 3. The van der Waals surface area contributed by atoms with Crippen LogP contribution in [-0.4, -0.2) is 47.9 Å². The number of benzene rings is 1. The number of rotatable bonds is 5. The summed E-state index contributed by atoms with van der Waals surface area (Å²) in [5.74, 6) is 1.11. The fourth-order valence-electron chi connectivity index (χ4n) is 4.61. The second-order valence-electron chi connectivity index (χ2n) is 8.36. The van der Waals surface area contributed by atoms with Crippen LogP contribution >= 0.6 is 0 Å². The molecule has 0 aliphatic carbocycles. The van der Waals surface area contributed by atoms with Crippen molar-refractivity contribution in [1.29, 1.82) is 0 Å². The molecule has 2 fully saturated rings. The van der Waals surface area contributed by atoms with Gasteiger partial charge in [0.25, 0.3) is 0 Å². The van der Waals surface area contributed by atoms with E-state index in [1.165, 1.54) is 12.8 Å². The van der Waals surface area contributed by atoms with E-state index in [1.807, 2.05) is 47.5 Å². The van der Waals surface area contributed by atoms with Crippen LogP contribution in [-0.2, 0) is 21.5 Å². The van der Waals surface area contributed by atoms with E-state index in [1.54, 1.807) is 6.92 Å². The minimum absolute atomic E-state index is 0.0283. The molecule has 1 aromatic carbocycles. The Kier molecular flexibility index (Phi) is 6.02. The maximum Gasteiger partial charge on any atom is 0.231 e. The summed E-state index contributed by atoms with van der Waals surface area (Å²) >= 11 is 0. The predicted octanol–water partition coefficient (Wildman–Crippen LogP) is 2.88. The normalized spacial score (nSPS) is 18.3. The van der Waals surface area contributed by atoms with Crippen molar-refractivity contribution in [3.63, 3.8) is 0 Å². The van der Waals surface area contributed by atoms with E-state index >= 15 is 0 Å². The van der Waals surface area contributed by atoms with Crippen LogP contribution in [0.2, 0.25) is 0 Å². The third kappa shape index (κ3) is 4.18. The molecule has 2 aliphatic heterocycles. The van der Waals surface area contributed by atoms with Gasteiger partial charge >= 0.3 is 0 Å².